The lowest BCUT2D eigenvalue weighted by molar-refractivity contribution is -0.132. The monoisotopic (exact) mass is 475 g/mol. The van der Waals surface area contributed by atoms with Gasteiger partial charge in [0, 0.05) is 49.8 Å². The van der Waals surface area contributed by atoms with Crippen LogP contribution in [-0.4, -0.2) is 83.4 Å². The highest BCUT2D eigenvalue weighted by Crippen LogP contribution is 2.25. The van der Waals surface area contributed by atoms with Crippen LogP contribution in [0.4, 0.5) is 5.82 Å². The number of benzene rings is 1. The van der Waals surface area contributed by atoms with E-state index in [0.717, 1.165) is 12.1 Å². The Labute approximate surface area is 204 Å². The lowest BCUT2D eigenvalue weighted by Gasteiger charge is -2.38. The van der Waals surface area contributed by atoms with Crippen molar-refractivity contribution in [3.63, 3.8) is 0 Å². The molecule has 0 aliphatic carbocycles. The lowest BCUT2D eigenvalue weighted by atomic mass is 10.00. The molecule has 1 amide bonds. The first-order valence-electron chi connectivity index (χ1n) is 11.2. The van der Waals surface area contributed by atoms with E-state index in [-0.39, 0.29) is 11.8 Å². The van der Waals surface area contributed by atoms with Gasteiger partial charge < -0.3 is 25.0 Å². The number of nitrogen functional groups attached to an aromatic ring is 1. The van der Waals surface area contributed by atoms with Crippen molar-refractivity contribution >= 4 is 22.8 Å². The Morgan fingerprint density at radius 2 is 1.89 bits per heavy atom. The van der Waals surface area contributed by atoms with Crippen LogP contribution in [0, 0.1) is 17.8 Å². The summed E-state index contributed by atoms with van der Waals surface area (Å²) in [6.45, 7) is 2.66. The number of methoxy groups -OCH3 is 2. The third-order valence-corrected chi connectivity index (χ3v) is 5.67. The number of rotatable bonds is 7. The molecule has 1 saturated heterocycles. The van der Waals surface area contributed by atoms with Crippen molar-refractivity contribution in [3.8, 4) is 23.3 Å². The Balaban J connectivity index is 1.53. The number of nitrogens with zero attached hydrogens (tertiary/aromatic N) is 6. The van der Waals surface area contributed by atoms with Gasteiger partial charge in [0.05, 0.1) is 19.6 Å². The van der Waals surface area contributed by atoms with Gasteiger partial charge >= 0.3 is 0 Å². The molecule has 4 rings (SSSR count). The van der Waals surface area contributed by atoms with E-state index < -0.39 is 0 Å². The lowest BCUT2D eigenvalue weighted by Crippen LogP contribution is -2.51. The number of amides is 1. The molecule has 35 heavy (non-hydrogen) atoms. The largest absolute Gasteiger partial charge is 0.497 e. The minimum absolute atomic E-state index is 0.0280. The van der Waals surface area contributed by atoms with E-state index in [9.17, 15) is 4.79 Å². The number of ether oxygens (including phenoxy) is 2. The second-order valence-electron chi connectivity index (χ2n) is 8.61. The zero-order chi connectivity index (χ0) is 24.9. The quantitative estimate of drug-likeness (QED) is 0.403. The van der Waals surface area contributed by atoms with E-state index in [2.05, 4.69) is 26.9 Å². The van der Waals surface area contributed by atoms with Crippen molar-refractivity contribution in [3.05, 3.63) is 47.9 Å². The number of likely N-dealkylation sites (N-methyl/N-ethyl adjacent to an activating group) is 1. The van der Waals surface area contributed by atoms with Gasteiger partial charge in [0.15, 0.2) is 5.65 Å². The summed E-state index contributed by atoms with van der Waals surface area (Å²) >= 11 is 0. The Morgan fingerprint density at radius 3 is 2.54 bits per heavy atom. The molecule has 0 radical (unpaired) electrons. The van der Waals surface area contributed by atoms with Gasteiger partial charge in [-0.05, 0) is 32.1 Å². The molecule has 0 bridgehead atoms. The standard InChI is InChI=1S/C25H29N7O3/c1-30(2)9-5-6-22(33)31-13-18(14-31)15-32-25-23(24(26)27-16-28-25)21(29-32)8-7-17-10-19(34-3)12-20(11-17)35-4/h5-6,10-12,16,18H,9,13-15H2,1-4H3,(H2,26,27,28). The SMILES string of the molecule is COc1cc(C#Cc2nn(CC3CN(C(=O)C=CCN(C)C)C3)c3ncnc(N)c23)cc(OC)c1. The molecule has 1 fully saturated rings. The number of carbonyl (C=O) groups is 1. The first-order valence-corrected chi connectivity index (χ1v) is 11.2. The Hall–Kier alpha value is -4.10. The van der Waals surface area contributed by atoms with Crippen LogP contribution in [0.5, 0.6) is 11.5 Å². The van der Waals surface area contributed by atoms with Gasteiger partial charge in [-0.15, -0.1) is 0 Å². The van der Waals surface area contributed by atoms with Crippen LogP contribution >= 0.6 is 0 Å². The Morgan fingerprint density at radius 1 is 1.17 bits per heavy atom. The number of nitrogens with two attached hydrogens (primary N) is 1. The van der Waals surface area contributed by atoms with Crippen LogP contribution in [-0.2, 0) is 11.3 Å². The highest BCUT2D eigenvalue weighted by atomic mass is 16.5. The maximum atomic E-state index is 12.3. The summed E-state index contributed by atoms with van der Waals surface area (Å²) in [5, 5.41) is 5.31. The van der Waals surface area contributed by atoms with Crippen molar-refractivity contribution in [2.24, 2.45) is 5.92 Å². The van der Waals surface area contributed by atoms with Crippen LogP contribution in [0.25, 0.3) is 11.0 Å². The highest BCUT2D eigenvalue weighted by molar-refractivity contribution is 5.90. The maximum absolute atomic E-state index is 12.3. The van der Waals surface area contributed by atoms with E-state index >= 15 is 0 Å². The number of carbonyl (C=O) groups excluding carboxylic acids is 1. The van der Waals surface area contributed by atoms with Gasteiger partial charge in [0.1, 0.15) is 29.3 Å². The topological polar surface area (TPSA) is 112 Å². The molecule has 0 spiro atoms. The smallest absolute Gasteiger partial charge is 0.246 e. The minimum Gasteiger partial charge on any atom is -0.497 e. The van der Waals surface area contributed by atoms with Crippen molar-refractivity contribution in [2.75, 3.05) is 53.7 Å². The summed E-state index contributed by atoms with van der Waals surface area (Å²) in [5.74, 6) is 8.13. The molecule has 182 valence electrons. The highest BCUT2D eigenvalue weighted by Gasteiger charge is 2.30. The average molecular weight is 476 g/mol. The van der Waals surface area contributed by atoms with Crippen molar-refractivity contribution in [1.82, 2.24) is 29.5 Å². The van der Waals surface area contributed by atoms with Gasteiger partial charge in [-0.25, -0.2) is 14.6 Å². The second-order valence-corrected chi connectivity index (χ2v) is 8.61. The summed E-state index contributed by atoms with van der Waals surface area (Å²) in [6.07, 6.45) is 4.93. The first-order chi connectivity index (χ1) is 16.9. The predicted molar refractivity (Wildman–Crippen MR) is 133 cm³/mol. The number of hydrogen-bond donors (Lipinski definition) is 1. The normalized spacial score (nSPS) is 13.7. The molecule has 1 aliphatic heterocycles. The van der Waals surface area contributed by atoms with Crippen LogP contribution in [0.3, 0.4) is 0 Å². The fourth-order valence-electron chi connectivity index (χ4n) is 3.84. The second kappa shape index (κ2) is 10.4. The molecule has 1 aliphatic rings. The fraction of sp³-hybridized carbons (Fsp3) is 0.360. The predicted octanol–water partition coefficient (Wildman–Crippen LogP) is 1.40. The molecule has 0 saturated carbocycles. The number of fused-ring (bicyclic) bond motifs is 1. The third kappa shape index (κ3) is 5.53. The summed E-state index contributed by atoms with van der Waals surface area (Å²) in [5.41, 5.74) is 8.00. The number of aromatic nitrogens is 4. The molecule has 2 aromatic heterocycles. The first kappa shape index (κ1) is 24.0. The maximum Gasteiger partial charge on any atom is 0.246 e. The summed E-state index contributed by atoms with van der Waals surface area (Å²) in [7, 11) is 7.11. The molecule has 3 heterocycles. The van der Waals surface area contributed by atoms with E-state index in [1.54, 1.807) is 31.0 Å². The van der Waals surface area contributed by atoms with E-state index in [1.165, 1.54) is 6.33 Å². The van der Waals surface area contributed by atoms with Gasteiger partial charge in [-0.2, -0.15) is 5.10 Å². The zero-order valence-electron chi connectivity index (χ0n) is 20.4. The molecule has 1 aromatic carbocycles. The molecule has 2 N–H and O–H groups in total. The van der Waals surface area contributed by atoms with Crippen LogP contribution in [0.1, 0.15) is 11.3 Å². The number of likely N-dealkylation sites (tertiary alicyclic amines) is 1. The number of hydrogen-bond acceptors (Lipinski definition) is 8. The molecule has 0 atom stereocenters. The summed E-state index contributed by atoms with van der Waals surface area (Å²) < 4.78 is 12.4. The Bertz CT molecular complexity index is 1290. The third-order valence-electron chi connectivity index (χ3n) is 5.67. The summed E-state index contributed by atoms with van der Waals surface area (Å²) in [6, 6.07) is 5.43. The number of anilines is 1. The molecule has 10 nitrogen and oxygen atoms in total. The Kier molecular flexibility index (Phi) is 7.17. The fourth-order valence-corrected chi connectivity index (χ4v) is 3.84. The van der Waals surface area contributed by atoms with Crippen LogP contribution < -0.4 is 15.2 Å². The van der Waals surface area contributed by atoms with E-state index in [4.69, 9.17) is 15.2 Å². The average Bonchev–Trinajstić information content (AvgIpc) is 3.17. The van der Waals surface area contributed by atoms with Crippen LogP contribution in [0.2, 0.25) is 0 Å². The zero-order valence-corrected chi connectivity index (χ0v) is 20.4. The summed E-state index contributed by atoms with van der Waals surface area (Å²) in [4.78, 5) is 24.7. The van der Waals surface area contributed by atoms with Crippen LogP contribution in [0.15, 0.2) is 36.7 Å². The van der Waals surface area contributed by atoms with Crippen molar-refractivity contribution < 1.29 is 14.3 Å². The van der Waals surface area contributed by atoms with E-state index in [0.29, 0.717) is 53.7 Å². The van der Waals surface area contributed by atoms with Gasteiger partial charge in [-0.3, -0.25) is 4.79 Å². The van der Waals surface area contributed by atoms with Crippen molar-refractivity contribution in [2.45, 2.75) is 6.54 Å². The molecular formula is C25H29N7O3. The van der Waals surface area contributed by atoms with Gasteiger partial charge in [0.2, 0.25) is 5.91 Å². The van der Waals surface area contributed by atoms with Gasteiger partial charge in [0.25, 0.3) is 0 Å². The molecular weight excluding hydrogens is 446 g/mol. The van der Waals surface area contributed by atoms with E-state index in [1.807, 2.05) is 42.1 Å². The van der Waals surface area contributed by atoms with Gasteiger partial charge in [-0.1, -0.05) is 12.0 Å². The molecule has 0 unspecified atom stereocenters. The molecule has 10 heteroatoms. The minimum atomic E-state index is 0.0280. The van der Waals surface area contributed by atoms with Crippen molar-refractivity contribution in [1.29, 1.82) is 0 Å². The molecule has 3 aromatic rings.